The van der Waals surface area contributed by atoms with E-state index in [4.69, 9.17) is 18.9 Å². The Morgan fingerprint density at radius 1 is 1.08 bits per heavy atom. The molecule has 13 heteroatoms. The third-order valence-corrected chi connectivity index (χ3v) is 9.15. The summed E-state index contributed by atoms with van der Waals surface area (Å²) in [6, 6.07) is 9.34. The number of hydrogen-bond donors (Lipinski definition) is 0. The molecule has 2 aliphatic rings. The summed E-state index contributed by atoms with van der Waals surface area (Å²) >= 11 is 1.27. The molecule has 0 N–H and O–H groups in total. The van der Waals surface area contributed by atoms with Gasteiger partial charge in [0.15, 0.2) is 16.3 Å². The molecule has 3 aromatic rings. The molecule has 5 rings (SSSR count). The van der Waals surface area contributed by atoms with Crippen molar-refractivity contribution in [3.05, 3.63) is 46.8 Å². The van der Waals surface area contributed by atoms with Crippen LogP contribution in [0.1, 0.15) is 30.6 Å². The van der Waals surface area contributed by atoms with E-state index in [1.165, 1.54) is 47.0 Å². The van der Waals surface area contributed by atoms with E-state index in [2.05, 4.69) is 4.99 Å². The molecule has 3 heterocycles. The number of rotatable bonds is 6. The second-order valence-corrected chi connectivity index (χ2v) is 12.0. The van der Waals surface area contributed by atoms with Crippen molar-refractivity contribution in [2.75, 3.05) is 27.0 Å². The smallest absolute Gasteiger partial charge is 0.307 e. The van der Waals surface area contributed by atoms with Crippen molar-refractivity contribution in [2.24, 2.45) is 4.99 Å². The summed E-state index contributed by atoms with van der Waals surface area (Å²) in [6.45, 7) is 4.56. The number of morpholine rings is 1. The second-order valence-electron chi connectivity index (χ2n) is 9.06. The Hall–Kier alpha value is -3.26. The van der Waals surface area contributed by atoms with Crippen molar-refractivity contribution in [3.8, 4) is 11.5 Å². The van der Waals surface area contributed by atoms with Crippen LogP contribution in [0.5, 0.6) is 11.5 Å². The SMILES string of the molecule is COC(=O)CCn1c(=NC(=O)c2ccc(S(=O)(=O)N3CC(C)OC(C)C3)cc2)sc2cc3c(cc21)OCO3. The van der Waals surface area contributed by atoms with E-state index in [-0.39, 0.29) is 55.5 Å². The zero-order valence-electron chi connectivity index (χ0n) is 21.1. The van der Waals surface area contributed by atoms with Gasteiger partial charge in [-0.1, -0.05) is 11.3 Å². The van der Waals surface area contributed by atoms with Crippen LogP contribution in [0.2, 0.25) is 0 Å². The maximum Gasteiger partial charge on any atom is 0.307 e. The van der Waals surface area contributed by atoms with E-state index < -0.39 is 21.9 Å². The van der Waals surface area contributed by atoms with E-state index in [1.807, 2.05) is 19.9 Å². The number of fused-ring (bicyclic) bond motifs is 2. The zero-order valence-corrected chi connectivity index (χ0v) is 22.7. The third-order valence-electron chi connectivity index (χ3n) is 6.27. The van der Waals surface area contributed by atoms with Gasteiger partial charge in [-0.15, -0.1) is 0 Å². The number of methoxy groups -OCH3 is 1. The molecule has 0 radical (unpaired) electrons. The Balaban J connectivity index is 1.45. The predicted molar refractivity (Wildman–Crippen MR) is 138 cm³/mol. The van der Waals surface area contributed by atoms with Gasteiger partial charge >= 0.3 is 5.97 Å². The van der Waals surface area contributed by atoms with Crippen molar-refractivity contribution < 1.29 is 37.0 Å². The molecular formula is C25H27N3O8S2. The summed E-state index contributed by atoms with van der Waals surface area (Å²) in [7, 11) is -2.42. The monoisotopic (exact) mass is 561 g/mol. The van der Waals surface area contributed by atoms with Gasteiger partial charge in [0.1, 0.15) is 0 Å². The number of aromatic nitrogens is 1. The van der Waals surface area contributed by atoms with Crippen LogP contribution in [-0.2, 0) is 30.8 Å². The molecule has 2 aliphatic heterocycles. The molecule has 0 bridgehead atoms. The fraction of sp³-hybridized carbons (Fsp3) is 0.400. The molecular weight excluding hydrogens is 534 g/mol. The van der Waals surface area contributed by atoms with Gasteiger partial charge in [-0.25, -0.2) is 8.42 Å². The number of sulfonamides is 1. The summed E-state index contributed by atoms with van der Waals surface area (Å²) in [5.74, 6) is 0.232. The van der Waals surface area contributed by atoms with Gasteiger partial charge in [-0.2, -0.15) is 9.30 Å². The fourth-order valence-electron chi connectivity index (χ4n) is 4.46. The standard InChI is InChI=1S/C25H27N3O8S2/c1-15-12-27(13-16(2)36-15)38(31,32)18-6-4-17(5-7-18)24(30)26-25-28(9-8-23(29)33-3)19-10-20-21(35-14-34-20)11-22(19)37-25/h4-7,10-11,15-16H,8-9,12-14H2,1-3H3. The highest BCUT2D eigenvalue weighted by atomic mass is 32.2. The number of thiazole rings is 1. The molecule has 0 spiro atoms. The Bertz CT molecular complexity index is 1550. The van der Waals surface area contributed by atoms with Gasteiger partial charge in [-0.3, -0.25) is 9.59 Å². The van der Waals surface area contributed by atoms with Crippen molar-refractivity contribution in [2.45, 2.75) is 43.9 Å². The van der Waals surface area contributed by atoms with Crippen LogP contribution in [0.3, 0.4) is 0 Å². The first kappa shape index (κ1) is 26.4. The lowest BCUT2D eigenvalue weighted by molar-refractivity contribution is -0.140. The van der Waals surface area contributed by atoms with Gasteiger partial charge in [-0.05, 0) is 38.1 Å². The zero-order chi connectivity index (χ0) is 27.0. The molecule has 38 heavy (non-hydrogen) atoms. The van der Waals surface area contributed by atoms with E-state index in [0.29, 0.717) is 16.3 Å². The first-order chi connectivity index (χ1) is 18.2. The van der Waals surface area contributed by atoms with Crippen LogP contribution >= 0.6 is 11.3 Å². The highest BCUT2D eigenvalue weighted by Gasteiger charge is 2.32. The third kappa shape index (κ3) is 5.19. The first-order valence-electron chi connectivity index (χ1n) is 12.0. The highest BCUT2D eigenvalue weighted by molar-refractivity contribution is 7.89. The molecule has 0 saturated carbocycles. The normalized spacial score (nSPS) is 20.1. The minimum atomic E-state index is -3.73. The van der Waals surface area contributed by atoms with Gasteiger partial charge < -0.3 is 23.5 Å². The second kappa shape index (κ2) is 10.5. The number of benzene rings is 2. The van der Waals surface area contributed by atoms with Crippen LogP contribution < -0.4 is 14.3 Å². The van der Waals surface area contributed by atoms with E-state index >= 15 is 0 Å². The molecule has 1 saturated heterocycles. The molecule has 1 fully saturated rings. The lowest BCUT2D eigenvalue weighted by atomic mass is 10.2. The lowest BCUT2D eigenvalue weighted by Crippen LogP contribution is -2.48. The van der Waals surface area contributed by atoms with Crippen LogP contribution in [0.15, 0.2) is 46.3 Å². The van der Waals surface area contributed by atoms with E-state index in [1.54, 1.807) is 10.6 Å². The van der Waals surface area contributed by atoms with Crippen LogP contribution in [0.25, 0.3) is 10.2 Å². The number of carbonyl (C=O) groups excluding carboxylic acids is 2. The average Bonchev–Trinajstić information content (AvgIpc) is 3.48. The predicted octanol–water partition coefficient (Wildman–Crippen LogP) is 2.53. The number of carbonyl (C=O) groups is 2. The summed E-state index contributed by atoms with van der Waals surface area (Å²) < 4.78 is 51.6. The molecule has 1 aromatic heterocycles. The van der Waals surface area contributed by atoms with Crippen molar-refractivity contribution in [1.29, 1.82) is 0 Å². The van der Waals surface area contributed by atoms with Crippen LogP contribution in [-0.4, -0.2) is 68.4 Å². The van der Waals surface area contributed by atoms with Crippen molar-refractivity contribution in [1.82, 2.24) is 8.87 Å². The Labute approximate surface area is 223 Å². The number of hydrogen-bond acceptors (Lipinski definition) is 9. The summed E-state index contributed by atoms with van der Waals surface area (Å²) in [5, 5.41) is 0. The summed E-state index contributed by atoms with van der Waals surface area (Å²) in [6.07, 6.45) is -0.331. The van der Waals surface area contributed by atoms with E-state index in [9.17, 15) is 18.0 Å². The molecule has 0 aliphatic carbocycles. The molecule has 1 amide bonds. The number of nitrogens with zero attached hydrogens (tertiary/aromatic N) is 3. The van der Waals surface area contributed by atoms with Gasteiger partial charge in [0, 0.05) is 37.3 Å². The maximum absolute atomic E-state index is 13.1. The van der Waals surface area contributed by atoms with Gasteiger partial charge in [0.2, 0.25) is 16.8 Å². The lowest BCUT2D eigenvalue weighted by Gasteiger charge is -2.34. The van der Waals surface area contributed by atoms with Gasteiger partial charge in [0.05, 0.1) is 40.9 Å². The quantitative estimate of drug-likeness (QED) is 0.421. The van der Waals surface area contributed by atoms with Crippen molar-refractivity contribution >= 4 is 43.5 Å². The summed E-state index contributed by atoms with van der Waals surface area (Å²) in [4.78, 5) is 29.7. The largest absolute Gasteiger partial charge is 0.469 e. The Morgan fingerprint density at radius 3 is 2.39 bits per heavy atom. The number of ether oxygens (including phenoxy) is 4. The van der Waals surface area contributed by atoms with Crippen LogP contribution in [0.4, 0.5) is 0 Å². The molecule has 2 atom stereocenters. The van der Waals surface area contributed by atoms with Crippen LogP contribution in [0, 0.1) is 0 Å². The topological polar surface area (TPSA) is 126 Å². The molecule has 11 nitrogen and oxygen atoms in total. The number of aryl methyl sites for hydroxylation is 1. The Morgan fingerprint density at radius 2 is 1.74 bits per heavy atom. The molecule has 202 valence electrons. The molecule has 2 aromatic carbocycles. The minimum Gasteiger partial charge on any atom is -0.469 e. The minimum absolute atomic E-state index is 0.0868. The maximum atomic E-state index is 13.1. The fourth-order valence-corrected chi connectivity index (χ4v) is 7.12. The number of amides is 1. The molecule has 2 unspecified atom stereocenters. The first-order valence-corrected chi connectivity index (χ1v) is 14.3. The van der Waals surface area contributed by atoms with Crippen molar-refractivity contribution in [3.63, 3.8) is 0 Å². The van der Waals surface area contributed by atoms with E-state index in [0.717, 1.165) is 10.2 Å². The number of esters is 1. The van der Waals surface area contributed by atoms with Gasteiger partial charge in [0.25, 0.3) is 5.91 Å². The summed E-state index contributed by atoms with van der Waals surface area (Å²) in [5.41, 5.74) is 0.976. The Kier molecular flexibility index (Phi) is 7.27. The average molecular weight is 562 g/mol. The highest BCUT2D eigenvalue weighted by Crippen LogP contribution is 2.37.